The van der Waals surface area contributed by atoms with Crippen molar-refractivity contribution in [2.24, 2.45) is 0 Å². The molecular weight excluding hydrogens is 402 g/mol. The first-order chi connectivity index (χ1) is 13.9. The van der Waals surface area contributed by atoms with Gasteiger partial charge in [-0.1, -0.05) is 23.9 Å². The van der Waals surface area contributed by atoms with Crippen LogP contribution >= 0.6 is 11.8 Å². The molecule has 0 aliphatic rings. The maximum atomic E-state index is 12.4. The van der Waals surface area contributed by atoms with Crippen LogP contribution in [-0.4, -0.2) is 44.0 Å². The van der Waals surface area contributed by atoms with E-state index in [2.05, 4.69) is 10.6 Å². The molecule has 2 aromatic carbocycles. The first-order valence-corrected chi connectivity index (χ1v) is 9.63. The van der Waals surface area contributed by atoms with Crippen LogP contribution in [0.25, 0.3) is 0 Å². The lowest BCUT2D eigenvalue weighted by molar-refractivity contribution is -0.125. The number of nitrogens with one attached hydrogen (secondary N) is 2. The van der Waals surface area contributed by atoms with Gasteiger partial charge in [0.2, 0.25) is 0 Å². The average molecular weight is 424 g/mol. The van der Waals surface area contributed by atoms with Crippen LogP contribution in [0.5, 0.6) is 0 Å². The first-order valence-electron chi connectivity index (χ1n) is 8.75. The summed E-state index contributed by atoms with van der Waals surface area (Å²) in [5, 5.41) is 5.70. The summed E-state index contributed by atoms with van der Waals surface area (Å²) in [5.74, 6) is -3.58. The second kappa shape index (κ2) is 11.4. The zero-order valence-electron chi connectivity index (χ0n) is 16.0. The molecule has 156 valence electrons. The van der Waals surface area contributed by atoms with E-state index in [4.69, 9.17) is 9.47 Å². The van der Waals surface area contributed by atoms with E-state index in [1.54, 1.807) is 55.5 Å². The van der Waals surface area contributed by atoms with Crippen molar-refractivity contribution in [1.29, 1.82) is 0 Å². The van der Waals surface area contributed by atoms with Gasteiger partial charge >= 0.3 is 5.97 Å². The van der Waals surface area contributed by atoms with Crippen LogP contribution in [0, 0.1) is 0 Å². The minimum Gasteiger partial charge on any atom is -0.452 e. The molecule has 0 fully saturated rings. The number of rotatable bonds is 10. The minimum atomic E-state index is -2.49. The van der Waals surface area contributed by atoms with E-state index in [0.29, 0.717) is 34.6 Å². The molecule has 0 bridgehead atoms. The quantitative estimate of drug-likeness (QED) is 0.443. The minimum absolute atomic E-state index is 0.202. The Balaban J connectivity index is 1.98. The lowest BCUT2D eigenvalue weighted by Crippen LogP contribution is -2.38. The van der Waals surface area contributed by atoms with Gasteiger partial charge in [0.1, 0.15) is 0 Å². The van der Waals surface area contributed by atoms with Gasteiger partial charge in [0.15, 0.2) is 6.61 Å². The molecule has 1 amide bonds. The van der Waals surface area contributed by atoms with Gasteiger partial charge in [-0.3, -0.25) is 4.79 Å². The lowest BCUT2D eigenvalue weighted by Gasteiger charge is -2.14. The van der Waals surface area contributed by atoms with Crippen LogP contribution < -0.4 is 10.6 Å². The summed E-state index contributed by atoms with van der Waals surface area (Å²) in [6.07, 6.45) is 0. The molecule has 29 heavy (non-hydrogen) atoms. The van der Waals surface area contributed by atoms with Crippen LogP contribution in [0.15, 0.2) is 53.4 Å². The van der Waals surface area contributed by atoms with Crippen LogP contribution in [-0.2, 0) is 14.3 Å². The fraction of sp³-hybridized carbons (Fsp3) is 0.300. The van der Waals surface area contributed by atoms with Gasteiger partial charge in [-0.2, -0.15) is 8.78 Å². The molecule has 0 aliphatic carbocycles. The number of benzene rings is 2. The van der Waals surface area contributed by atoms with Crippen molar-refractivity contribution in [2.75, 3.05) is 25.6 Å². The number of thioether (sulfide) groups is 1. The molecule has 2 rings (SSSR count). The molecule has 2 N–H and O–H groups in total. The maximum absolute atomic E-state index is 12.4. The highest BCUT2D eigenvalue weighted by molar-refractivity contribution is 7.99. The normalized spacial score (nSPS) is 11.8. The van der Waals surface area contributed by atoms with Gasteiger partial charge < -0.3 is 20.1 Å². The van der Waals surface area contributed by atoms with Crippen molar-refractivity contribution in [2.45, 2.75) is 23.6 Å². The largest absolute Gasteiger partial charge is 0.452 e. The number of anilines is 2. The Bertz CT molecular complexity index is 818. The number of esters is 1. The molecular formula is C20H22F2N2O4S. The number of alkyl halides is 2. The molecule has 0 spiro atoms. The number of hydrogen-bond acceptors (Lipinski definition) is 6. The Morgan fingerprint density at radius 2 is 1.79 bits per heavy atom. The van der Waals surface area contributed by atoms with Crippen molar-refractivity contribution in [3.8, 4) is 0 Å². The van der Waals surface area contributed by atoms with Crippen LogP contribution in [0.2, 0.25) is 0 Å². The van der Waals surface area contributed by atoms with Gasteiger partial charge in [0, 0.05) is 23.7 Å². The third kappa shape index (κ3) is 7.71. The number of methoxy groups -OCH3 is 1. The van der Waals surface area contributed by atoms with Crippen molar-refractivity contribution < 1.29 is 27.8 Å². The zero-order valence-corrected chi connectivity index (χ0v) is 16.8. The fourth-order valence-corrected chi connectivity index (χ4v) is 2.96. The highest BCUT2D eigenvalue weighted by atomic mass is 32.2. The Morgan fingerprint density at radius 3 is 2.45 bits per heavy atom. The summed E-state index contributed by atoms with van der Waals surface area (Å²) in [4.78, 5) is 24.7. The lowest BCUT2D eigenvalue weighted by atomic mass is 10.1. The fourth-order valence-electron chi connectivity index (χ4n) is 2.46. The van der Waals surface area contributed by atoms with Gasteiger partial charge in [0.05, 0.1) is 17.9 Å². The molecule has 0 saturated carbocycles. The maximum Gasteiger partial charge on any atom is 0.340 e. The number of carbonyl (C=O) groups excluding carboxylic acids is 2. The number of para-hydroxylation sites is 1. The number of ether oxygens (including phenoxy) is 2. The van der Waals surface area contributed by atoms with Gasteiger partial charge in [-0.25, -0.2) is 4.79 Å². The summed E-state index contributed by atoms with van der Waals surface area (Å²) < 4.78 is 34.8. The van der Waals surface area contributed by atoms with Crippen LogP contribution in [0.3, 0.4) is 0 Å². The number of amides is 1. The number of halogens is 2. The second-order valence-corrected chi connectivity index (χ2v) is 7.14. The molecule has 0 saturated heterocycles. The highest BCUT2D eigenvalue weighted by Gasteiger charge is 2.15. The van der Waals surface area contributed by atoms with E-state index >= 15 is 0 Å². The van der Waals surface area contributed by atoms with Gasteiger partial charge in [0.25, 0.3) is 11.7 Å². The predicted octanol–water partition coefficient (Wildman–Crippen LogP) is 4.05. The predicted molar refractivity (Wildman–Crippen MR) is 108 cm³/mol. The summed E-state index contributed by atoms with van der Waals surface area (Å²) in [5.41, 5.74) is 1.34. The van der Waals surface area contributed by atoms with E-state index in [9.17, 15) is 18.4 Å². The monoisotopic (exact) mass is 424 g/mol. The zero-order chi connectivity index (χ0) is 21.2. The molecule has 6 nitrogen and oxygen atoms in total. The third-order valence-electron chi connectivity index (χ3n) is 3.66. The molecule has 0 radical (unpaired) electrons. The average Bonchev–Trinajstić information content (AvgIpc) is 2.68. The molecule has 9 heteroatoms. The number of carbonyl (C=O) groups is 2. The van der Waals surface area contributed by atoms with Crippen molar-refractivity contribution in [3.05, 3.63) is 54.1 Å². The van der Waals surface area contributed by atoms with Gasteiger partial charge in [-0.05, 0) is 43.3 Å². The Hall–Kier alpha value is -2.65. The summed E-state index contributed by atoms with van der Waals surface area (Å²) >= 11 is 0.457. The van der Waals surface area contributed by atoms with Crippen LogP contribution in [0.1, 0.15) is 17.3 Å². The molecule has 1 atom stereocenters. The molecule has 0 aliphatic heterocycles. The number of hydrogen-bond donors (Lipinski definition) is 2. The first kappa shape index (κ1) is 22.6. The Labute approximate surface area is 172 Å². The molecule has 0 heterocycles. The van der Waals surface area contributed by atoms with E-state index in [1.165, 1.54) is 7.11 Å². The van der Waals surface area contributed by atoms with Crippen molar-refractivity contribution >= 4 is 35.0 Å². The standard InChI is InChI=1S/C20H22F2N2O4S/c1-13(11-27-2)23-18(25)12-28-19(26)16-5-3-4-6-17(16)24-14-7-9-15(10-8-14)29-20(21)22/h3-10,13,20,24H,11-12H2,1-2H3,(H,23,25). The Kier molecular flexibility index (Phi) is 8.88. The summed E-state index contributed by atoms with van der Waals surface area (Å²) in [6.45, 7) is 1.70. The van der Waals surface area contributed by atoms with E-state index < -0.39 is 24.2 Å². The molecule has 0 aromatic heterocycles. The van der Waals surface area contributed by atoms with E-state index in [-0.39, 0.29) is 11.6 Å². The van der Waals surface area contributed by atoms with Crippen molar-refractivity contribution in [1.82, 2.24) is 5.32 Å². The molecule has 1 unspecified atom stereocenters. The highest BCUT2D eigenvalue weighted by Crippen LogP contribution is 2.28. The third-order valence-corrected chi connectivity index (χ3v) is 4.39. The second-order valence-electron chi connectivity index (χ2n) is 6.07. The SMILES string of the molecule is COCC(C)NC(=O)COC(=O)c1ccccc1Nc1ccc(SC(F)F)cc1. The smallest absolute Gasteiger partial charge is 0.340 e. The summed E-state index contributed by atoms with van der Waals surface area (Å²) in [6, 6.07) is 12.8. The topological polar surface area (TPSA) is 76.7 Å². The Morgan fingerprint density at radius 1 is 1.10 bits per heavy atom. The summed E-state index contributed by atoms with van der Waals surface area (Å²) in [7, 11) is 1.53. The van der Waals surface area contributed by atoms with Crippen molar-refractivity contribution in [3.63, 3.8) is 0 Å². The van der Waals surface area contributed by atoms with E-state index in [0.717, 1.165) is 0 Å². The molecule has 2 aromatic rings. The van der Waals surface area contributed by atoms with E-state index in [1.807, 2.05) is 0 Å². The van der Waals surface area contributed by atoms with Gasteiger partial charge in [-0.15, -0.1) is 0 Å². The van der Waals surface area contributed by atoms with Crippen LogP contribution in [0.4, 0.5) is 20.2 Å².